The molecule has 8 heteroatoms. The summed E-state index contributed by atoms with van der Waals surface area (Å²) in [7, 11) is 0. The standard InChI is InChI=1S/C15H19N3O5/c1-8(19)13(15(22)23)18-17-12(14(20)21)6-9-7-16-11-5-3-2-4-10(9)11/h2-5,7-8,12-13,16-19H,6H2,1H3,(H,20,21)(H,22,23)/t8-,12+,13+/m1/s1. The Bertz CT molecular complexity index is 697. The zero-order chi connectivity index (χ0) is 17.0. The molecular formula is C15H19N3O5. The van der Waals surface area contributed by atoms with Gasteiger partial charge in [-0.3, -0.25) is 9.59 Å². The molecule has 3 atom stereocenters. The molecular weight excluding hydrogens is 302 g/mol. The van der Waals surface area contributed by atoms with Gasteiger partial charge in [0.25, 0.3) is 0 Å². The van der Waals surface area contributed by atoms with E-state index in [1.54, 1.807) is 6.20 Å². The minimum absolute atomic E-state index is 0.151. The number of aliphatic carboxylic acids is 2. The topological polar surface area (TPSA) is 135 Å². The molecule has 1 aromatic carbocycles. The summed E-state index contributed by atoms with van der Waals surface area (Å²) in [6.45, 7) is 1.31. The number of carboxylic acids is 2. The summed E-state index contributed by atoms with van der Waals surface area (Å²) in [5.41, 5.74) is 6.54. The Morgan fingerprint density at radius 3 is 2.48 bits per heavy atom. The molecule has 0 aliphatic rings. The van der Waals surface area contributed by atoms with Crippen LogP contribution in [0.3, 0.4) is 0 Å². The number of benzene rings is 1. The Morgan fingerprint density at radius 2 is 1.87 bits per heavy atom. The smallest absolute Gasteiger partial charge is 0.324 e. The van der Waals surface area contributed by atoms with Crippen LogP contribution >= 0.6 is 0 Å². The average molecular weight is 321 g/mol. The fraction of sp³-hybridized carbons (Fsp3) is 0.333. The van der Waals surface area contributed by atoms with E-state index in [4.69, 9.17) is 5.11 Å². The highest BCUT2D eigenvalue weighted by Gasteiger charge is 2.26. The highest BCUT2D eigenvalue weighted by atomic mass is 16.4. The molecule has 0 saturated carbocycles. The first kappa shape index (κ1) is 16.9. The molecule has 124 valence electrons. The van der Waals surface area contributed by atoms with E-state index in [1.807, 2.05) is 24.3 Å². The number of aromatic amines is 1. The van der Waals surface area contributed by atoms with Crippen molar-refractivity contribution in [1.29, 1.82) is 0 Å². The van der Waals surface area contributed by atoms with Gasteiger partial charge in [-0.1, -0.05) is 18.2 Å². The lowest BCUT2D eigenvalue weighted by atomic mass is 10.1. The van der Waals surface area contributed by atoms with Gasteiger partial charge in [0.1, 0.15) is 12.1 Å². The second kappa shape index (κ2) is 7.23. The third-order valence-electron chi connectivity index (χ3n) is 3.56. The monoisotopic (exact) mass is 321 g/mol. The molecule has 2 rings (SSSR count). The number of fused-ring (bicyclic) bond motifs is 1. The molecule has 0 bridgehead atoms. The van der Waals surface area contributed by atoms with Crippen LogP contribution in [-0.4, -0.2) is 50.4 Å². The van der Waals surface area contributed by atoms with Crippen LogP contribution in [0.5, 0.6) is 0 Å². The summed E-state index contributed by atoms with van der Waals surface area (Å²) >= 11 is 0. The van der Waals surface area contributed by atoms with Crippen molar-refractivity contribution in [2.75, 3.05) is 0 Å². The van der Waals surface area contributed by atoms with Crippen LogP contribution in [0.1, 0.15) is 12.5 Å². The Morgan fingerprint density at radius 1 is 1.17 bits per heavy atom. The molecule has 8 nitrogen and oxygen atoms in total. The normalized spacial score (nSPS) is 15.2. The minimum atomic E-state index is -1.31. The number of hydrogen-bond donors (Lipinski definition) is 6. The largest absolute Gasteiger partial charge is 0.480 e. The molecule has 2 aromatic rings. The Balaban J connectivity index is 2.10. The molecule has 0 aliphatic carbocycles. The molecule has 0 amide bonds. The number of para-hydroxylation sites is 1. The summed E-state index contributed by atoms with van der Waals surface area (Å²) < 4.78 is 0. The lowest BCUT2D eigenvalue weighted by molar-refractivity contribution is -0.145. The van der Waals surface area contributed by atoms with Crippen LogP contribution in [0.2, 0.25) is 0 Å². The maximum absolute atomic E-state index is 11.4. The third kappa shape index (κ3) is 4.07. The van der Waals surface area contributed by atoms with Gasteiger partial charge in [0.05, 0.1) is 6.10 Å². The van der Waals surface area contributed by atoms with Crippen molar-refractivity contribution in [3.05, 3.63) is 36.0 Å². The number of aromatic nitrogens is 1. The fourth-order valence-corrected chi connectivity index (χ4v) is 2.30. The van der Waals surface area contributed by atoms with E-state index in [-0.39, 0.29) is 6.42 Å². The summed E-state index contributed by atoms with van der Waals surface area (Å²) in [6.07, 6.45) is 0.701. The van der Waals surface area contributed by atoms with Crippen molar-refractivity contribution in [3.63, 3.8) is 0 Å². The zero-order valence-electron chi connectivity index (χ0n) is 12.5. The van der Waals surface area contributed by atoms with Crippen LogP contribution in [0.25, 0.3) is 10.9 Å². The number of H-pyrrole nitrogens is 1. The van der Waals surface area contributed by atoms with Crippen molar-refractivity contribution >= 4 is 22.8 Å². The molecule has 0 radical (unpaired) electrons. The molecule has 0 aliphatic heterocycles. The lowest BCUT2D eigenvalue weighted by Gasteiger charge is -2.21. The molecule has 6 N–H and O–H groups in total. The fourth-order valence-electron chi connectivity index (χ4n) is 2.30. The predicted molar refractivity (Wildman–Crippen MR) is 82.8 cm³/mol. The van der Waals surface area contributed by atoms with E-state index in [2.05, 4.69) is 15.8 Å². The molecule has 0 spiro atoms. The third-order valence-corrected chi connectivity index (χ3v) is 3.56. The Labute approximate surface area is 132 Å². The number of carbonyl (C=O) groups is 2. The number of aliphatic hydroxyl groups excluding tert-OH is 1. The predicted octanol–water partition coefficient (Wildman–Crippen LogP) is 0.0918. The zero-order valence-corrected chi connectivity index (χ0v) is 12.5. The van der Waals surface area contributed by atoms with Gasteiger partial charge in [0.2, 0.25) is 0 Å². The first-order valence-electron chi connectivity index (χ1n) is 7.10. The molecule has 0 unspecified atom stereocenters. The van der Waals surface area contributed by atoms with Gasteiger partial charge in [-0.05, 0) is 18.6 Å². The summed E-state index contributed by atoms with van der Waals surface area (Å²) in [5.74, 6) is -2.40. The van der Waals surface area contributed by atoms with Crippen LogP contribution < -0.4 is 10.9 Å². The first-order chi connectivity index (χ1) is 10.9. The summed E-state index contributed by atoms with van der Waals surface area (Å²) in [6, 6.07) is 5.14. The van der Waals surface area contributed by atoms with Gasteiger partial charge in [0.15, 0.2) is 0 Å². The van der Waals surface area contributed by atoms with Crippen LogP contribution in [-0.2, 0) is 16.0 Å². The number of hydrogen-bond acceptors (Lipinski definition) is 5. The van der Waals surface area contributed by atoms with Gasteiger partial charge < -0.3 is 20.3 Å². The highest BCUT2D eigenvalue weighted by molar-refractivity contribution is 5.84. The Kier molecular flexibility index (Phi) is 5.32. The van der Waals surface area contributed by atoms with E-state index in [9.17, 15) is 19.8 Å². The van der Waals surface area contributed by atoms with Crippen LogP contribution in [0.4, 0.5) is 0 Å². The van der Waals surface area contributed by atoms with Gasteiger partial charge in [0, 0.05) is 23.5 Å². The maximum Gasteiger partial charge on any atom is 0.324 e. The lowest BCUT2D eigenvalue weighted by Crippen LogP contribution is -2.56. The second-order valence-corrected chi connectivity index (χ2v) is 5.30. The van der Waals surface area contributed by atoms with E-state index in [1.165, 1.54) is 6.92 Å². The van der Waals surface area contributed by atoms with Crippen molar-refractivity contribution in [2.24, 2.45) is 0 Å². The van der Waals surface area contributed by atoms with Gasteiger partial charge in [-0.2, -0.15) is 0 Å². The van der Waals surface area contributed by atoms with Gasteiger partial charge in [-0.25, -0.2) is 10.9 Å². The number of aliphatic hydroxyl groups is 1. The van der Waals surface area contributed by atoms with Crippen LogP contribution in [0.15, 0.2) is 30.5 Å². The van der Waals surface area contributed by atoms with E-state index >= 15 is 0 Å². The number of rotatable bonds is 8. The van der Waals surface area contributed by atoms with E-state index < -0.39 is 30.1 Å². The number of nitrogens with one attached hydrogen (secondary N) is 3. The van der Waals surface area contributed by atoms with Crippen molar-refractivity contribution in [2.45, 2.75) is 31.5 Å². The van der Waals surface area contributed by atoms with E-state index in [0.717, 1.165) is 16.5 Å². The van der Waals surface area contributed by atoms with Crippen molar-refractivity contribution in [3.8, 4) is 0 Å². The van der Waals surface area contributed by atoms with Gasteiger partial charge in [-0.15, -0.1) is 0 Å². The quantitative estimate of drug-likeness (QED) is 0.379. The highest BCUT2D eigenvalue weighted by Crippen LogP contribution is 2.19. The second-order valence-electron chi connectivity index (χ2n) is 5.30. The molecule has 0 saturated heterocycles. The minimum Gasteiger partial charge on any atom is -0.480 e. The number of carboxylic acid groups (broad SMARTS) is 2. The molecule has 0 fully saturated rings. The van der Waals surface area contributed by atoms with E-state index in [0.29, 0.717) is 0 Å². The summed E-state index contributed by atoms with van der Waals surface area (Å²) in [5, 5.41) is 28.6. The van der Waals surface area contributed by atoms with Crippen molar-refractivity contribution in [1.82, 2.24) is 15.8 Å². The van der Waals surface area contributed by atoms with Crippen LogP contribution in [0, 0.1) is 0 Å². The SMILES string of the molecule is C[C@@H](O)[C@H](NN[C@@H](Cc1c[nH]c2ccccc12)C(=O)O)C(=O)O. The maximum atomic E-state index is 11.4. The first-order valence-corrected chi connectivity index (χ1v) is 7.10. The summed E-state index contributed by atoms with van der Waals surface area (Å²) in [4.78, 5) is 25.5. The van der Waals surface area contributed by atoms with Gasteiger partial charge >= 0.3 is 11.9 Å². The Hall–Kier alpha value is -2.42. The molecule has 23 heavy (non-hydrogen) atoms. The van der Waals surface area contributed by atoms with Crippen molar-refractivity contribution < 1.29 is 24.9 Å². The molecule has 1 heterocycles. The molecule has 1 aromatic heterocycles. The number of hydrazine groups is 1. The average Bonchev–Trinajstić information content (AvgIpc) is 2.88.